The van der Waals surface area contributed by atoms with Crippen LogP contribution >= 0.6 is 0 Å². The molecule has 3 rings (SSSR count). The monoisotopic (exact) mass is 325 g/mol. The van der Waals surface area contributed by atoms with Crippen molar-refractivity contribution < 1.29 is 9.84 Å². The van der Waals surface area contributed by atoms with Gasteiger partial charge in [0.15, 0.2) is 0 Å². The van der Waals surface area contributed by atoms with Crippen LogP contribution in [0, 0.1) is 0 Å². The van der Waals surface area contributed by atoms with E-state index in [-0.39, 0.29) is 0 Å². The lowest BCUT2D eigenvalue weighted by Crippen LogP contribution is -2.31. The van der Waals surface area contributed by atoms with Crippen LogP contribution in [0.2, 0.25) is 0 Å². The van der Waals surface area contributed by atoms with Crippen molar-refractivity contribution in [2.24, 2.45) is 0 Å². The molecule has 0 aliphatic rings. The summed E-state index contributed by atoms with van der Waals surface area (Å²) in [6.07, 6.45) is 1.39. The van der Waals surface area contributed by atoms with Crippen LogP contribution in [0.4, 0.5) is 0 Å². The molecule has 0 saturated heterocycles. The Kier molecular flexibility index (Phi) is 5.25. The zero-order valence-corrected chi connectivity index (χ0v) is 14.1. The highest BCUT2D eigenvalue weighted by molar-refractivity contribution is 5.77. The number of aromatic nitrogens is 2. The molecule has 5 heteroatoms. The highest BCUT2D eigenvalue weighted by atomic mass is 16.5. The summed E-state index contributed by atoms with van der Waals surface area (Å²) in [5.41, 5.74) is 4.39. The van der Waals surface area contributed by atoms with Crippen molar-refractivity contribution in [3.05, 3.63) is 60.4 Å². The zero-order chi connectivity index (χ0) is 16.9. The van der Waals surface area contributed by atoms with E-state index < -0.39 is 6.10 Å². The third-order valence-corrected chi connectivity index (χ3v) is 4.00. The normalized spacial score (nSPS) is 12.8. The fraction of sp³-hybridized carbons (Fsp3) is 0.316. The Morgan fingerprint density at radius 3 is 2.67 bits per heavy atom. The first kappa shape index (κ1) is 16.6. The highest BCUT2D eigenvalue weighted by Crippen LogP contribution is 2.18. The predicted octanol–water partition coefficient (Wildman–Crippen LogP) is 2.46. The number of hydrogen-bond donors (Lipinski definition) is 1. The summed E-state index contributed by atoms with van der Waals surface area (Å²) < 4.78 is 7.05. The van der Waals surface area contributed by atoms with Gasteiger partial charge in [-0.2, -0.15) is 0 Å². The minimum Gasteiger partial charge on any atom is -0.389 e. The van der Waals surface area contributed by atoms with Gasteiger partial charge in [-0.1, -0.05) is 24.3 Å². The first-order valence-electron chi connectivity index (χ1n) is 8.04. The van der Waals surface area contributed by atoms with Crippen LogP contribution < -0.4 is 0 Å². The fourth-order valence-electron chi connectivity index (χ4n) is 2.91. The van der Waals surface area contributed by atoms with Gasteiger partial charge < -0.3 is 9.84 Å². The molecule has 0 bridgehead atoms. The van der Waals surface area contributed by atoms with Gasteiger partial charge in [0, 0.05) is 25.9 Å². The SMILES string of the molecule is COCC(O)CN(C)Cc1ccc(-n2cnc3ccccc32)cc1. The number of aliphatic hydroxyl groups excluding tert-OH is 1. The van der Waals surface area contributed by atoms with Gasteiger partial charge >= 0.3 is 0 Å². The molecule has 3 aromatic rings. The third kappa shape index (κ3) is 3.82. The van der Waals surface area contributed by atoms with E-state index in [1.54, 1.807) is 7.11 Å². The van der Waals surface area contributed by atoms with E-state index in [2.05, 4.69) is 44.8 Å². The van der Waals surface area contributed by atoms with Crippen LogP contribution in [-0.2, 0) is 11.3 Å². The van der Waals surface area contributed by atoms with Gasteiger partial charge in [-0.15, -0.1) is 0 Å². The second-order valence-electron chi connectivity index (χ2n) is 6.08. The number of benzene rings is 2. The Hall–Kier alpha value is -2.21. The third-order valence-electron chi connectivity index (χ3n) is 4.00. The largest absolute Gasteiger partial charge is 0.389 e. The number of hydrogen-bond acceptors (Lipinski definition) is 4. The van der Waals surface area contributed by atoms with E-state index in [0.717, 1.165) is 23.3 Å². The molecule has 0 radical (unpaired) electrons. The fourth-order valence-corrected chi connectivity index (χ4v) is 2.91. The maximum absolute atomic E-state index is 9.79. The van der Waals surface area contributed by atoms with Gasteiger partial charge in [-0.05, 0) is 36.9 Å². The Labute approximate surface area is 142 Å². The van der Waals surface area contributed by atoms with Crippen molar-refractivity contribution in [3.8, 4) is 5.69 Å². The molecule has 1 N–H and O–H groups in total. The van der Waals surface area contributed by atoms with E-state index in [4.69, 9.17) is 4.74 Å². The molecule has 1 atom stereocenters. The van der Waals surface area contributed by atoms with Crippen molar-refractivity contribution in [1.82, 2.24) is 14.5 Å². The minimum atomic E-state index is -0.461. The van der Waals surface area contributed by atoms with Crippen LogP contribution in [0.15, 0.2) is 54.9 Å². The number of imidazole rings is 1. The smallest absolute Gasteiger partial charge is 0.100 e. The Morgan fingerprint density at radius 2 is 1.92 bits per heavy atom. The van der Waals surface area contributed by atoms with Crippen LogP contribution in [0.3, 0.4) is 0 Å². The van der Waals surface area contributed by atoms with Crippen LogP contribution in [0.25, 0.3) is 16.7 Å². The maximum atomic E-state index is 9.79. The summed E-state index contributed by atoms with van der Waals surface area (Å²) >= 11 is 0. The van der Waals surface area contributed by atoms with Gasteiger partial charge in [0.1, 0.15) is 6.33 Å². The Balaban J connectivity index is 1.69. The van der Waals surface area contributed by atoms with Crippen LogP contribution in [-0.4, -0.2) is 53.0 Å². The summed E-state index contributed by atoms with van der Waals surface area (Å²) in [7, 11) is 3.60. The summed E-state index contributed by atoms with van der Waals surface area (Å²) in [5.74, 6) is 0. The van der Waals surface area contributed by atoms with E-state index in [9.17, 15) is 5.11 Å². The molecular weight excluding hydrogens is 302 g/mol. The second-order valence-corrected chi connectivity index (χ2v) is 6.08. The average molecular weight is 325 g/mol. The number of fused-ring (bicyclic) bond motifs is 1. The first-order valence-corrected chi connectivity index (χ1v) is 8.04. The molecule has 0 amide bonds. The van der Waals surface area contributed by atoms with Crippen molar-refractivity contribution in [3.63, 3.8) is 0 Å². The number of likely N-dealkylation sites (N-methyl/N-ethyl adjacent to an activating group) is 1. The molecule has 1 heterocycles. The minimum absolute atomic E-state index is 0.358. The molecule has 0 aliphatic heterocycles. The lowest BCUT2D eigenvalue weighted by molar-refractivity contribution is 0.0419. The zero-order valence-electron chi connectivity index (χ0n) is 14.1. The Morgan fingerprint density at radius 1 is 1.17 bits per heavy atom. The molecule has 1 unspecified atom stereocenters. The van der Waals surface area contributed by atoms with E-state index in [1.165, 1.54) is 5.56 Å². The summed E-state index contributed by atoms with van der Waals surface area (Å²) in [5, 5.41) is 9.79. The Bertz CT molecular complexity index is 783. The number of rotatable bonds is 7. The van der Waals surface area contributed by atoms with Crippen molar-refractivity contribution in [2.75, 3.05) is 27.3 Å². The van der Waals surface area contributed by atoms with Gasteiger partial charge in [0.2, 0.25) is 0 Å². The number of ether oxygens (including phenoxy) is 1. The van der Waals surface area contributed by atoms with Crippen molar-refractivity contribution in [1.29, 1.82) is 0 Å². The number of para-hydroxylation sites is 2. The molecule has 0 aliphatic carbocycles. The van der Waals surface area contributed by atoms with Gasteiger partial charge in [0.05, 0.1) is 23.7 Å². The molecule has 24 heavy (non-hydrogen) atoms. The van der Waals surface area contributed by atoms with Crippen LogP contribution in [0.1, 0.15) is 5.56 Å². The molecule has 1 aromatic heterocycles. The van der Waals surface area contributed by atoms with Gasteiger partial charge in [-0.25, -0.2) is 4.98 Å². The average Bonchev–Trinajstić information content (AvgIpc) is 2.99. The number of aliphatic hydroxyl groups is 1. The molecular formula is C19H23N3O2. The number of nitrogens with zero attached hydrogens (tertiary/aromatic N) is 3. The van der Waals surface area contributed by atoms with Gasteiger partial charge in [0.25, 0.3) is 0 Å². The second kappa shape index (κ2) is 7.57. The molecule has 0 saturated carbocycles. The van der Waals surface area contributed by atoms with E-state index >= 15 is 0 Å². The molecule has 5 nitrogen and oxygen atoms in total. The van der Waals surface area contributed by atoms with E-state index in [0.29, 0.717) is 13.2 Å². The number of methoxy groups -OCH3 is 1. The van der Waals surface area contributed by atoms with E-state index in [1.807, 2.05) is 31.6 Å². The van der Waals surface area contributed by atoms with Gasteiger partial charge in [-0.3, -0.25) is 9.47 Å². The molecule has 0 fully saturated rings. The quantitative estimate of drug-likeness (QED) is 0.725. The highest BCUT2D eigenvalue weighted by Gasteiger charge is 2.09. The lowest BCUT2D eigenvalue weighted by Gasteiger charge is -2.20. The molecule has 126 valence electrons. The summed E-state index contributed by atoms with van der Waals surface area (Å²) in [4.78, 5) is 6.52. The van der Waals surface area contributed by atoms with Crippen LogP contribution in [0.5, 0.6) is 0 Å². The maximum Gasteiger partial charge on any atom is 0.100 e. The van der Waals surface area contributed by atoms with Crippen molar-refractivity contribution in [2.45, 2.75) is 12.6 Å². The first-order chi connectivity index (χ1) is 11.7. The molecule has 0 spiro atoms. The lowest BCUT2D eigenvalue weighted by atomic mass is 10.2. The molecule has 2 aromatic carbocycles. The summed E-state index contributed by atoms with van der Waals surface area (Å²) in [6.45, 7) is 1.73. The standard InChI is InChI=1S/C19H23N3O2/c1-21(12-17(23)13-24-2)11-15-7-9-16(10-8-15)22-14-20-18-5-3-4-6-19(18)22/h3-10,14,17,23H,11-13H2,1-2H3. The topological polar surface area (TPSA) is 50.5 Å². The van der Waals surface area contributed by atoms with Crippen molar-refractivity contribution >= 4 is 11.0 Å². The predicted molar refractivity (Wildman–Crippen MR) is 95.3 cm³/mol. The summed E-state index contributed by atoms with van der Waals surface area (Å²) in [6, 6.07) is 16.5.